The Hall–Kier alpha value is -2.91. The molecule has 2 aromatic rings. The van der Waals surface area contributed by atoms with Gasteiger partial charge < -0.3 is 16.0 Å². The number of hydrogen-bond acceptors (Lipinski definition) is 5. The van der Waals surface area contributed by atoms with Gasteiger partial charge in [0.1, 0.15) is 0 Å². The van der Waals surface area contributed by atoms with Crippen LogP contribution >= 0.6 is 0 Å². The minimum Gasteiger partial charge on any atom is -0.352 e. The Morgan fingerprint density at radius 2 is 1.76 bits per heavy atom. The zero-order valence-electron chi connectivity index (χ0n) is 20.0. The summed E-state index contributed by atoms with van der Waals surface area (Å²) in [7, 11) is -2.18. The number of anilines is 1. The summed E-state index contributed by atoms with van der Waals surface area (Å²) in [5, 5.41) is 9.28. The Morgan fingerprint density at radius 3 is 2.38 bits per heavy atom. The predicted octanol–water partition coefficient (Wildman–Crippen LogP) is 2.84. The summed E-state index contributed by atoms with van der Waals surface area (Å²) in [6.07, 6.45) is 5.35. The maximum Gasteiger partial charge on any atom is 0.251 e. The van der Waals surface area contributed by atoms with Gasteiger partial charge in [0, 0.05) is 30.8 Å². The van der Waals surface area contributed by atoms with E-state index in [1.165, 1.54) is 38.1 Å². The third kappa shape index (κ3) is 7.04. The van der Waals surface area contributed by atoms with Gasteiger partial charge in [0.2, 0.25) is 10.0 Å². The highest BCUT2D eigenvalue weighted by Gasteiger charge is 2.20. The molecular weight excluding hydrogens is 452 g/mol. The lowest BCUT2D eigenvalue weighted by Crippen LogP contribution is -2.37. The summed E-state index contributed by atoms with van der Waals surface area (Å²) in [4.78, 5) is 25.9. The van der Waals surface area contributed by atoms with Crippen molar-refractivity contribution in [1.82, 2.24) is 16.0 Å². The molecule has 0 aromatic heterocycles. The fourth-order valence-corrected chi connectivity index (χ4v) is 4.47. The summed E-state index contributed by atoms with van der Waals surface area (Å²) >= 11 is 0. The fraction of sp³-hybridized carbons (Fsp3) is 0.440. The second-order valence-corrected chi connectivity index (χ2v) is 10.8. The van der Waals surface area contributed by atoms with E-state index in [0.717, 1.165) is 35.5 Å². The van der Waals surface area contributed by atoms with Gasteiger partial charge in [0.25, 0.3) is 11.8 Å². The Balaban J connectivity index is 1.78. The van der Waals surface area contributed by atoms with Crippen molar-refractivity contribution < 1.29 is 18.0 Å². The van der Waals surface area contributed by atoms with E-state index < -0.39 is 10.0 Å². The average Bonchev–Trinajstić information content (AvgIpc) is 2.83. The molecule has 3 N–H and O–H groups in total. The van der Waals surface area contributed by atoms with Crippen LogP contribution in [0.1, 0.15) is 64.9 Å². The second-order valence-electron chi connectivity index (χ2n) is 8.80. The third-order valence-corrected chi connectivity index (χ3v) is 7.35. The molecule has 0 saturated carbocycles. The molecule has 1 aliphatic rings. The molecule has 9 heteroatoms. The zero-order valence-corrected chi connectivity index (χ0v) is 20.8. The zero-order chi connectivity index (χ0) is 24.7. The normalized spacial score (nSPS) is 17.0. The number of amides is 2. The number of hydrogen-bond donors (Lipinski definition) is 3. The van der Waals surface area contributed by atoms with E-state index >= 15 is 0 Å². The Morgan fingerprint density at radius 1 is 1.09 bits per heavy atom. The average molecular weight is 487 g/mol. The maximum atomic E-state index is 13.0. The quantitative estimate of drug-likeness (QED) is 0.505. The van der Waals surface area contributed by atoms with Gasteiger partial charge in [-0.1, -0.05) is 36.8 Å². The van der Waals surface area contributed by atoms with Crippen molar-refractivity contribution >= 4 is 27.5 Å². The largest absolute Gasteiger partial charge is 0.352 e. The van der Waals surface area contributed by atoms with E-state index in [4.69, 9.17) is 0 Å². The van der Waals surface area contributed by atoms with Crippen LogP contribution in [-0.2, 0) is 10.0 Å². The molecule has 0 unspecified atom stereocenters. The van der Waals surface area contributed by atoms with Crippen molar-refractivity contribution in [3.05, 3.63) is 65.2 Å². The molecule has 2 atom stereocenters. The molecule has 1 fully saturated rings. The molecular formula is C25H34N4O4S. The van der Waals surface area contributed by atoms with Crippen LogP contribution < -0.4 is 20.3 Å². The van der Waals surface area contributed by atoms with Crippen molar-refractivity contribution in [2.24, 2.45) is 0 Å². The van der Waals surface area contributed by atoms with Gasteiger partial charge in [0.15, 0.2) is 0 Å². The minimum absolute atomic E-state index is 0.217. The number of rotatable bonds is 9. The van der Waals surface area contributed by atoms with Crippen LogP contribution in [0, 0.1) is 0 Å². The van der Waals surface area contributed by atoms with Crippen molar-refractivity contribution in [2.45, 2.75) is 44.7 Å². The van der Waals surface area contributed by atoms with E-state index in [0.29, 0.717) is 12.6 Å². The van der Waals surface area contributed by atoms with E-state index in [1.54, 1.807) is 0 Å². The van der Waals surface area contributed by atoms with Gasteiger partial charge >= 0.3 is 0 Å². The topological polar surface area (TPSA) is 108 Å². The van der Waals surface area contributed by atoms with Gasteiger partial charge in [-0.25, -0.2) is 8.42 Å². The number of sulfonamides is 1. The lowest BCUT2D eigenvalue weighted by atomic mass is 10.0. The van der Waals surface area contributed by atoms with Crippen LogP contribution in [0.15, 0.2) is 48.5 Å². The molecule has 1 aliphatic heterocycles. The molecule has 0 aliphatic carbocycles. The molecule has 3 rings (SSSR count). The van der Waals surface area contributed by atoms with Crippen molar-refractivity contribution in [1.29, 1.82) is 0 Å². The second kappa shape index (κ2) is 11.5. The Labute approximate surface area is 202 Å². The fourth-order valence-electron chi connectivity index (χ4n) is 3.98. The first kappa shape index (κ1) is 25.7. The first-order valence-corrected chi connectivity index (χ1v) is 13.5. The Bertz CT molecular complexity index is 1100. The number of carbonyl (C=O) groups excluding carboxylic acids is 2. The van der Waals surface area contributed by atoms with Gasteiger partial charge in [-0.2, -0.15) is 0 Å². The van der Waals surface area contributed by atoms with Crippen LogP contribution in [0.5, 0.6) is 0 Å². The SMILES string of the molecule is C[C@@H](NC(=O)c1cc(C(=O)NCC[C@H]2CCCCN2)cc(N(C)S(C)(=O)=O)c1)c1ccccc1. The predicted molar refractivity (Wildman–Crippen MR) is 135 cm³/mol. The first-order chi connectivity index (χ1) is 16.1. The van der Waals surface area contributed by atoms with Crippen LogP contribution in [-0.4, -0.2) is 52.7 Å². The van der Waals surface area contributed by atoms with E-state index in [2.05, 4.69) is 16.0 Å². The van der Waals surface area contributed by atoms with Crippen molar-refractivity contribution in [2.75, 3.05) is 30.7 Å². The van der Waals surface area contributed by atoms with Crippen LogP contribution in [0.4, 0.5) is 5.69 Å². The lowest BCUT2D eigenvalue weighted by molar-refractivity contribution is 0.0940. The molecule has 34 heavy (non-hydrogen) atoms. The first-order valence-electron chi connectivity index (χ1n) is 11.6. The summed E-state index contributed by atoms with van der Waals surface area (Å²) in [6, 6.07) is 14.1. The summed E-state index contributed by atoms with van der Waals surface area (Å²) < 4.78 is 25.3. The molecule has 1 heterocycles. The molecule has 1 saturated heterocycles. The number of nitrogens with one attached hydrogen (secondary N) is 3. The molecule has 2 aromatic carbocycles. The van der Waals surface area contributed by atoms with E-state index in [-0.39, 0.29) is 34.7 Å². The maximum absolute atomic E-state index is 13.0. The smallest absolute Gasteiger partial charge is 0.251 e. The van der Waals surface area contributed by atoms with Gasteiger partial charge in [0.05, 0.1) is 18.0 Å². The number of piperidine rings is 1. The lowest BCUT2D eigenvalue weighted by Gasteiger charge is -2.23. The monoisotopic (exact) mass is 486 g/mol. The van der Waals surface area contributed by atoms with Crippen LogP contribution in [0.3, 0.4) is 0 Å². The van der Waals surface area contributed by atoms with Crippen molar-refractivity contribution in [3.8, 4) is 0 Å². The van der Waals surface area contributed by atoms with Crippen LogP contribution in [0.2, 0.25) is 0 Å². The van der Waals surface area contributed by atoms with Gasteiger partial charge in [-0.05, 0) is 56.5 Å². The highest BCUT2D eigenvalue weighted by atomic mass is 32.2. The molecule has 184 valence electrons. The highest BCUT2D eigenvalue weighted by Crippen LogP contribution is 2.22. The summed E-state index contributed by atoms with van der Waals surface area (Å²) in [5.41, 5.74) is 1.65. The number of carbonyl (C=O) groups is 2. The standard InChI is InChI=1S/C25H34N4O4S/c1-18(19-9-5-4-6-10-19)28-25(31)21-15-20(16-23(17-21)29(2)34(3,32)33)24(30)27-14-12-22-11-7-8-13-26-22/h4-6,9-10,15-18,22,26H,7-8,11-14H2,1-3H3,(H,27,30)(H,28,31)/t18-,22-/m1/s1. The number of nitrogens with zero attached hydrogens (tertiary/aromatic N) is 1. The molecule has 0 radical (unpaired) electrons. The van der Waals surface area contributed by atoms with Crippen LogP contribution in [0.25, 0.3) is 0 Å². The van der Waals surface area contributed by atoms with Gasteiger partial charge in [-0.15, -0.1) is 0 Å². The highest BCUT2D eigenvalue weighted by molar-refractivity contribution is 7.92. The Kier molecular flexibility index (Phi) is 8.68. The van der Waals surface area contributed by atoms with Crippen molar-refractivity contribution in [3.63, 3.8) is 0 Å². The van der Waals surface area contributed by atoms with E-state index in [9.17, 15) is 18.0 Å². The van der Waals surface area contributed by atoms with Gasteiger partial charge in [-0.3, -0.25) is 13.9 Å². The minimum atomic E-state index is -3.58. The molecule has 8 nitrogen and oxygen atoms in total. The summed E-state index contributed by atoms with van der Waals surface area (Å²) in [6.45, 7) is 3.36. The molecule has 2 amide bonds. The third-order valence-electron chi connectivity index (χ3n) is 6.14. The summed E-state index contributed by atoms with van der Waals surface area (Å²) in [5.74, 6) is -0.731. The molecule has 0 spiro atoms. The number of benzene rings is 2. The molecule has 0 bridgehead atoms. The van der Waals surface area contributed by atoms with E-state index in [1.807, 2.05) is 37.3 Å².